The van der Waals surface area contributed by atoms with Crippen molar-refractivity contribution in [2.45, 2.75) is 38.8 Å². The SMILES string of the molecule is COC(=O)[C@@H](Cc1ccccc1O)NC(=O)OC(C)(C)C. The first kappa shape index (κ1) is 16.8. The Morgan fingerprint density at radius 1 is 1.29 bits per heavy atom. The van der Waals surface area contributed by atoms with E-state index in [0.717, 1.165) is 0 Å². The van der Waals surface area contributed by atoms with Crippen LogP contribution >= 0.6 is 0 Å². The van der Waals surface area contributed by atoms with Gasteiger partial charge < -0.3 is 19.9 Å². The number of hydrogen-bond acceptors (Lipinski definition) is 5. The largest absolute Gasteiger partial charge is 0.508 e. The van der Waals surface area contributed by atoms with Gasteiger partial charge in [-0.3, -0.25) is 0 Å². The van der Waals surface area contributed by atoms with Crippen LogP contribution in [0.5, 0.6) is 5.75 Å². The van der Waals surface area contributed by atoms with Crippen molar-refractivity contribution in [3.8, 4) is 5.75 Å². The van der Waals surface area contributed by atoms with Crippen LogP contribution in [0.4, 0.5) is 4.79 Å². The first-order valence-corrected chi connectivity index (χ1v) is 6.57. The van der Waals surface area contributed by atoms with E-state index in [9.17, 15) is 14.7 Å². The number of amides is 1. The highest BCUT2D eigenvalue weighted by molar-refractivity contribution is 5.81. The normalized spacial score (nSPS) is 12.4. The summed E-state index contributed by atoms with van der Waals surface area (Å²) in [6.07, 6.45) is -0.605. The zero-order valence-corrected chi connectivity index (χ0v) is 12.7. The molecule has 1 aromatic rings. The van der Waals surface area contributed by atoms with Gasteiger partial charge in [-0.15, -0.1) is 0 Å². The van der Waals surface area contributed by atoms with Gasteiger partial charge in [0.1, 0.15) is 17.4 Å². The predicted octanol–water partition coefficient (Wildman–Crippen LogP) is 2.00. The van der Waals surface area contributed by atoms with Crippen molar-refractivity contribution in [3.05, 3.63) is 29.8 Å². The molecule has 0 unspecified atom stereocenters. The van der Waals surface area contributed by atoms with Gasteiger partial charge in [0, 0.05) is 6.42 Å². The topological polar surface area (TPSA) is 84.9 Å². The molecule has 0 aliphatic rings. The molecule has 0 aliphatic carbocycles. The highest BCUT2D eigenvalue weighted by Gasteiger charge is 2.25. The molecule has 0 bridgehead atoms. The van der Waals surface area contributed by atoms with E-state index in [1.165, 1.54) is 13.2 Å². The van der Waals surface area contributed by atoms with Gasteiger partial charge in [-0.05, 0) is 32.4 Å². The Hall–Kier alpha value is -2.24. The number of hydrogen-bond donors (Lipinski definition) is 2. The van der Waals surface area contributed by atoms with Crippen LogP contribution in [0.15, 0.2) is 24.3 Å². The van der Waals surface area contributed by atoms with Gasteiger partial charge in [0.15, 0.2) is 0 Å². The number of carbonyl (C=O) groups excluding carboxylic acids is 2. The number of alkyl carbamates (subject to hydrolysis) is 1. The number of esters is 1. The molecule has 21 heavy (non-hydrogen) atoms. The predicted molar refractivity (Wildman–Crippen MR) is 77.0 cm³/mol. The summed E-state index contributed by atoms with van der Waals surface area (Å²) in [7, 11) is 1.23. The van der Waals surface area contributed by atoms with Gasteiger partial charge in [0.25, 0.3) is 0 Å². The van der Waals surface area contributed by atoms with Gasteiger partial charge in [-0.1, -0.05) is 18.2 Å². The summed E-state index contributed by atoms with van der Waals surface area (Å²) in [5.41, 5.74) is -0.136. The quantitative estimate of drug-likeness (QED) is 0.830. The van der Waals surface area contributed by atoms with Crippen molar-refractivity contribution in [2.75, 3.05) is 7.11 Å². The maximum absolute atomic E-state index is 11.8. The Labute approximate surface area is 124 Å². The molecule has 0 radical (unpaired) electrons. The molecule has 0 spiro atoms. The van der Waals surface area contributed by atoms with Crippen molar-refractivity contribution in [2.24, 2.45) is 0 Å². The standard InChI is InChI=1S/C15H21NO5/c1-15(2,3)21-14(19)16-11(13(18)20-4)9-10-7-5-6-8-12(10)17/h5-8,11,17H,9H2,1-4H3,(H,16,19)/t11-/m1/s1. The second-order valence-electron chi connectivity index (χ2n) is 5.55. The molecule has 2 N–H and O–H groups in total. The van der Waals surface area contributed by atoms with Crippen LogP contribution in [-0.2, 0) is 20.7 Å². The second-order valence-corrected chi connectivity index (χ2v) is 5.55. The molecule has 6 nitrogen and oxygen atoms in total. The Kier molecular flexibility index (Phi) is 5.58. The maximum atomic E-state index is 11.8. The van der Waals surface area contributed by atoms with Crippen LogP contribution in [0.3, 0.4) is 0 Å². The number of methoxy groups -OCH3 is 1. The smallest absolute Gasteiger partial charge is 0.408 e. The van der Waals surface area contributed by atoms with Crippen molar-refractivity contribution in [3.63, 3.8) is 0 Å². The van der Waals surface area contributed by atoms with E-state index in [1.807, 2.05) is 0 Å². The lowest BCUT2D eigenvalue weighted by Crippen LogP contribution is -2.45. The van der Waals surface area contributed by atoms with Gasteiger partial charge >= 0.3 is 12.1 Å². The zero-order valence-electron chi connectivity index (χ0n) is 12.7. The fraction of sp³-hybridized carbons (Fsp3) is 0.467. The molecule has 0 saturated carbocycles. The molecule has 0 aliphatic heterocycles. The lowest BCUT2D eigenvalue weighted by molar-refractivity contribution is -0.143. The Morgan fingerprint density at radius 2 is 1.90 bits per heavy atom. The third-order valence-electron chi connectivity index (χ3n) is 2.59. The van der Waals surface area contributed by atoms with Crippen LogP contribution in [-0.4, -0.2) is 35.9 Å². The van der Waals surface area contributed by atoms with Gasteiger partial charge in [0.2, 0.25) is 0 Å². The minimum atomic E-state index is -0.932. The summed E-state index contributed by atoms with van der Waals surface area (Å²) in [4.78, 5) is 23.5. The third-order valence-corrected chi connectivity index (χ3v) is 2.59. The average Bonchev–Trinajstić information content (AvgIpc) is 2.37. The number of aromatic hydroxyl groups is 1. The number of phenols is 1. The lowest BCUT2D eigenvalue weighted by atomic mass is 10.1. The summed E-state index contributed by atoms with van der Waals surface area (Å²) in [6, 6.07) is 5.65. The molecule has 0 aromatic heterocycles. The van der Waals surface area contributed by atoms with Gasteiger partial charge in [-0.25, -0.2) is 9.59 Å². The fourth-order valence-electron chi connectivity index (χ4n) is 1.69. The summed E-state index contributed by atoms with van der Waals surface area (Å²) in [5.74, 6) is -0.554. The number of rotatable bonds is 4. The summed E-state index contributed by atoms with van der Waals surface area (Å²) >= 11 is 0. The summed E-state index contributed by atoms with van der Waals surface area (Å²) in [6.45, 7) is 5.17. The van der Waals surface area contributed by atoms with Gasteiger partial charge in [-0.2, -0.15) is 0 Å². The van der Waals surface area contributed by atoms with Gasteiger partial charge in [0.05, 0.1) is 7.11 Å². The van der Waals surface area contributed by atoms with E-state index in [0.29, 0.717) is 5.56 Å². The monoisotopic (exact) mass is 295 g/mol. The molecule has 116 valence electrons. The highest BCUT2D eigenvalue weighted by Crippen LogP contribution is 2.18. The molecule has 0 heterocycles. The molecule has 1 amide bonds. The van der Waals surface area contributed by atoms with Crippen LogP contribution < -0.4 is 5.32 Å². The van der Waals surface area contributed by atoms with E-state index in [2.05, 4.69) is 10.1 Å². The number of nitrogens with one attached hydrogen (secondary N) is 1. The molecule has 1 atom stereocenters. The Bertz CT molecular complexity index is 507. The number of benzene rings is 1. The Balaban J connectivity index is 2.80. The van der Waals surface area contributed by atoms with Crippen LogP contribution in [0, 0.1) is 0 Å². The number of phenolic OH excluding ortho intramolecular Hbond substituents is 1. The van der Waals surface area contributed by atoms with Crippen molar-refractivity contribution < 1.29 is 24.2 Å². The maximum Gasteiger partial charge on any atom is 0.408 e. The molecule has 0 saturated heterocycles. The zero-order chi connectivity index (χ0) is 16.0. The lowest BCUT2D eigenvalue weighted by Gasteiger charge is -2.22. The minimum Gasteiger partial charge on any atom is -0.508 e. The summed E-state index contributed by atoms with van der Waals surface area (Å²) < 4.78 is 9.78. The fourth-order valence-corrected chi connectivity index (χ4v) is 1.69. The van der Waals surface area contributed by atoms with Crippen LogP contribution in [0.2, 0.25) is 0 Å². The summed E-state index contributed by atoms with van der Waals surface area (Å²) in [5, 5.41) is 12.2. The van der Waals surface area contributed by atoms with Crippen molar-refractivity contribution in [1.82, 2.24) is 5.32 Å². The Morgan fingerprint density at radius 3 is 2.43 bits per heavy atom. The number of ether oxygens (including phenoxy) is 2. The van der Waals surface area contributed by atoms with Crippen molar-refractivity contribution in [1.29, 1.82) is 0 Å². The first-order chi connectivity index (χ1) is 9.73. The molecular formula is C15H21NO5. The highest BCUT2D eigenvalue weighted by atomic mass is 16.6. The molecule has 1 rings (SSSR count). The van der Waals surface area contributed by atoms with E-state index in [4.69, 9.17) is 4.74 Å². The minimum absolute atomic E-state index is 0.0531. The van der Waals surface area contributed by atoms with Crippen LogP contribution in [0.25, 0.3) is 0 Å². The first-order valence-electron chi connectivity index (χ1n) is 6.57. The van der Waals surface area contributed by atoms with Crippen molar-refractivity contribution >= 4 is 12.1 Å². The third kappa shape index (κ3) is 5.72. The molecule has 6 heteroatoms. The second kappa shape index (κ2) is 6.97. The van der Waals surface area contributed by atoms with E-state index in [1.54, 1.807) is 39.0 Å². The molecule has 1 aromatic carbocycles. The number of carbonyl (C=O) groups is 2. The van der Waals surface area contributed by atoms with E-state index in [-0.39, 0.29) is 12.2 Å². The number of para-hydroxylation sites is 1. The van der Waals surface area contributed by atoms with E-state index >= 15 is 0 Å². The van der Waals surface area contributed by atoms with E-state index < -0.39 is 23.7 Å². The average molecular weight is 295 g/mol. The molecule has 0 fully saturated rings. The van der Waals surface area contributed by atoms with Crippen LogP contribution in [0.1, 0.15) is 26.3 Å². The molecular weight excluding hydrogens is 274 g/mol.